The number of benzene rings is 1. The Morgan fingerprint density at radius 1 is 1.31 bits per heavy atom. The zero-order chi connectivity index (χ0) is 11.4. The summed E-state index contributed by atoms with van der Waals surface area (Å²) in [5.74, 6) is 0. The van der Waals surface area contributed by atoms with Gasteiger partial charge in [-0.05, 0) is 47.5 Å². The molecule has 3 heteroatoms. The third-order valence-corrected chi connectivity index (χ3v) is 3.30. The average Bonchev–Trinajstić information content (AvgIpc) is 2.78. The molecule has 2 N–H and O–H groups in total. The summed E-state index contributed by atoms with van der Waals surface area (Å²) in [5, 5.41) is 4.30. The molecule has 0 radical (unpaired) electrons. The third kappa shape index (κ3) is 2.55. The number of nitrogens with zero attached hydrogens (tertiary/aromatic N) is 1. The van der Waals surface area contributed by atoms with Gasteiger partial charge in [-0.15, -0.1) is 0 Å². The number of hydrogen-bond acceptors (Lipinski definition) is 3. The molecule has 0 aliphatic rings. The number of nitrogen functional groups attached to an aromatic ring is 1. The fraction of sp³-hybridized carbons (Fsp3) is 0.231. The Balaban J connectivity index is 2.16. The molecule has 84 valence electrons. The highest BCUT2D eigenvalue weighted by Crippen LogP contribution is 2.20. The van der Waals surface area contributed by atoms with E-state index in [0.717, 1.165) is 18.8 Å². The van der Waals surface area contributed by atoms with Crippen LogP contribution in [-0.2, 0) is 6.54 Å². The standard InChI is InChI=1S/C13H16N2S/c1-2-15(9-11-6-7-16-10-11)13-5-3-4-12(14)8-13/h3-8,10H,2,9,14H2,1H3. The van der Waals surface area contributed by atoms with Crippen LogP contribution >= 0.6 is 11.3 Å². The van der Waals surface area contributed by atoms with Gasteiger partial charge in [0.2, 0.25) is 0 Å². The summed E-state index contributed by atoms with van der Waals surface area (Å²) in [7, 11) is 0. The van der Waals surface area contributed by atoms with Crippen LogP contribution in [0.25, 0.3) is 0 Å². The van der Waals surface area contributed by atoms with Gasteiger partial charge in [0.05, 0.1) is 0 Å². The summed E-state index contributed by atoms with van der Waals surface area (Å²) < 4.78 is 0. The molecule has 1 aromatic carbocycles. The first-order valence-corrected chi connectivity index (χ1v) is 6.35. The van der Waals surface area contributed by atoms with Crippen LogP contribution in [0.2, 0.25) is 0 Å². The first-order valence-electron chi connectivity index (χ1n) is 5.41. The Labute approximate surface area is 100 Å². The minimum Gasteiger partial charge on any atom is -0.399 e. The summed E-state index contributed by atoms with van der Waals surface area (Å²) in [4.78, 5) is 2.32. The molecule has 2 rings (SSSR count). The second kappa shape index (κ2) is 5.03. The van der Waals surface area contributed by atoms with Crippen molar-refractivity contribution in [3.05, 3.63) is 46.7 Å². The van der Waals surface area contributed by atoms with Crippen LogP contribution in [-0.4, -0.2) is 6.54 Å². The van der Waals surface area contributed by atoms with Crippen molar-refractivity contribution in [1.82, 2.24) is 0 Å². The number of thiophene rings is 1. The van der Waals surface area contributed by atoms with Gasteiger partial charge in [0.1, 0.15) is 0 Å². The highest BCUT2D eigenvalue weighted by Gasteiger charge is 2.05. The molecule has 0 saturated carbocycles. The monoisotopic (exact) mass is 232 g/mol. The quantitative estimate of drug-likeness (QED) is 0.819. The number of hydrogen-bond donors (Lipinski definition) is 1. The molecule has 0 amide bonds. The van der Waals surface area contributed by atoms with Crippen LogP contribution in [0.15, 0.2) is 41.1 Å². The number of rotatable bonds is 4. The molecule has 0 aliphatic carbocycles. The summed E-state index contributed by atoms with van der Waals surface area (Å²) >= 11 is 1.74. The molecule has 1 heterocycles. The maximum atomic E-state index is 5.80. The van der Waals surface area contributed by atoms with E-state index in [1.807, 2.05) is 18.2 Å². The van der Waals surface area contributed by atoms with E-state index in [1.54, 1.807) is 11.3 Å². The largest absolute Gasteiger partial charge is 0.399 e. The van der Waals surface area contributed by atoms with Crippen molar-refractivity contribution in [3.63, 3.8) is 0 Å². The van der Waals surface area contributed by atoms with Crippen molar-refractivity contribution in [2.24, 2.45) is 0 Å². The molecule has 1 aromatic heterocycles. The van der Waals surface area contributed by atoms with Gasteiger partial charge >= 0.3 is 0 Å². The second-order valence-corrected chi connectivity index (χ2v) is 4.52. The lowest BCUT2D eigenvalue weighted by molar-refractivity contribution is 0.835. The van der Waals surface area contributed by atoms with E-state index in [1.165, 1.54) is 11.3 Å². The molecule has 0 bridgehead atoms. The Bertz CT molecular complexity index is 437. The van der Waals surface area contributed by atoms with Crippen LogP contribution in [0.1, 0.15) is 12.5 Å². The predicted molar refractivity (Wildman–Crippen MR) is 71.9 cm³/mol. The fourth-order valence-corrected chi connectivity index (χ4v) is 2.37. The van der Waals surface area contributed by atoms with Crippen molar-refractivity contribution in [3.8, 4) is 0 Å². The molecule has 0 atom stereocenters. The highest BCUT2D eigenvalue weighted by atomic mass is 32.1. The molecule has 0 spiro atoms. The Kier molecular flexibility index (Phi) is 3.47. The molecule has 0 unspecified atom stereocenters. The maximum absolute atomic E-state index is 5.80. The lowest BCUT2D eigenvalue weighted by Gasteiger charge is -2.22. The molecule has 16 heavy (non-hydrogen) atoms. The minimum atomic E-state index is 0.821. The smallest absolute Gasteiger partial charge is 0.0437 e. The normalized spacial score (nSPS) is 10.3. The highest BCUT2D eigenvalue weighted by molar-refractivity contribution is 7.07. The Hall–Kier alpha value is -1.48. The maximum Gasteiger partial charge on any atom is 0.0437 e. The number of nitrogens with two attached hydrogens (primary N) is 1. The van der Waals surface area contributed by atoms with Gasteiger partial charge in [-0.1, -0.05) is 6.07 Å². The van der Waals surface area contributed by atoms with Crippen LogP contribution in [0.3, 0.4) is 0 Å². The number of anilines is 2. The van der Waals surface area contributed by atoms with Crippen molar-refractivity contribution in [1.29, 1.82) is 0 Å². The van der Waals surface area contributed by atoms with Crippen molar-refractivity contribution in [2.75, 3.05) is 17.2 Å². The van der Waals surface area contributed by atoms with Crippen molar-refractivity contribution >= 4 is 22.7 Å². The first-order chi connectivity index (χ1) is 7.79. The Morgan fingerprint density at radius 3 is 2.81 bits per heavy atom. The summed E-state index contributed by atoms with van der Waals surface area (Å²) in [6.07, 6.45) is 0. The van der Waals surface area contributed by atoms with Gasteiger partial charge in [0.15, 0.2) is 0 Å². The second-order valence-electron chi connectivity index (χ2n) is 3.74. The zero-order valence-electron chi connectivity index (χ0n) is 9.39. The van der Waals surface area contributed by atoms with Gasteiger partial charge in [0, 0.05) is 24.5 Å². The average molecular weight is 232 g/mol. The molecule has 2 aromatic rings. The van der Waals surface area contributed by atoms with Crippen LogP contribution in [0.5, 0.6) is 0 Å². The lowest BCUT2D eigenvalue weighted by Crippen LogP contribution is -2.21. The first kappa shape index (κ1) is 11.0. The van der Waals surface area contributed by atoms with Crippen LogP contribution in [0.4, 0.5) is 11.4 Å². The van der Waals surface area contributed by atoms with Crippen molar-refractivity contribution < 1.29 is 0 Å². The van der Waals surface area contributed by atoms with Crippen LogP contribution in [0, 0.1) is 0 Å². The summed E-state index contributed by atoms with van der Waals surface area (Å²) in [6, 6.07) is 10.2. The van der Waals surface area contributed by atoms with E-state index >= 15 is 0 Å². The predicted octanol–water partition coefficient (Wildman–Crippen LogP) is 3.36. The van der Waals surface area contributed by atoms with Gasteiger partial charge < -0.3 is 10.6 Å². The van der Waals surface area contributed by atoms with Gasteiger partial charge in [0.25, 0.3) is 0 Å². The minimum absolute atomic E-state index is 0.821. The van der Waals surface area contributed by atoms with E-state index in [9.17, 15) is 0 Å². The van der Waals surface area contributed by atoms with E-state index in [4.69, 9.17) is 5.73 Å². The molecular weight excluding hydrogens is 216 g/mol. The zero-order valence-corrected chi connectivity index (χ0v) is 10.2. The SMILES string of the molecule is CCN(Cc1ccsc1)c1cccc(N)c1. The van der Waals surface area contributed by atoms with Gasteiger partial charge in [-0.3, -0.25) is 0 Å². The van der Waals surface area contributed by atoms with E-state index in [-0.39, 0.29) is 0 Å². The molecule has 0 saturated heterocycles. The molecule has 2 nitrogen and oxygen atoms in total. The van der Waals surface area contributed by atoms with E-state index in [2.05, 4.69) is 34.7 Å². The molecule has 0 aliphatic heterocycles. The molecular formula is C13H16N2S. The van der Waals surface area contributed by atoms with Gasteiger partial charge in [-0.2, -0.15) is 11.3 Å². The third-order valence-electron chi connectivity index (χ3n) is 2.57. The van der Waals surface area contributed by atoms with Gasteiger partial charge in [-0.25, -0.2) is 0 Å². The molecule has 0 fully saturated rings. The summed E-state index contributed by atoms with van der Waals surface area (Å²) in [5.41, 5.74) is 9.16. The van der Waals surface area contributed by atoms with E-state index in [0.29, 0.717) is 0 Å². The van der Waals surface area contributed by atoms with Crippen molar-refractivity contribution in [2.45, 2.75) is 13.5 Å². The Morgan fingerprint density at radius 2 is 2.19 bits per heavy atom. The topological polar surface area (TPSA) is 29.3 Å². The lowest BCUT2D eigenvalue weighted by atomic mass is 10.2. The fourth-order valence-electron chi connectivity index (χ4n) is 1.71. The summed E-state index contributed by atoms with van der Waals surface area (Å²) in [6.45, 7) is 4.10. The van der Waals surface area contributed by atoms with E-state index < -0.39 is 0 Å². The van der Waals surface area contributed by atoms with Crippen LogP contribution < -0.4 is 10.6 Å².